The standard InChI is InChI=1S/C7H11ClO4S/c1-2-12-6(9)7(4-3-5-7)13(8,10)11/h2-5H2,1H3. The number of carbonyl (C=O) groups is 1. The van der Waals surface area contributed by atoms with E-state index in [-0.39, 0.29) is 19.4 Å². The summed E-state index contributed by atoms with van der Waals surface area (Å²) in [5.41, 5.74) is 0. The molecule has 1 aliphatic carbocycles. The Balaban J connectivity index is 2.89. The van der Waals surface area contributed by atoms with Crippen molar-refractivity contribution in [2.45, 2.75) is 30.9 Å². The van der Waals surface area contributed by atoms with E-state index in [4.69, 9.17) is 10.7 Å². The molecule has 6 heteroatoms. The zero-order valence-corrected chi connectivity index (χ0v) is 8.82. The first kappa shape index (κ1) is 10.8. The van der Waals surface area contributed by atoms with Gasteiger partial charge >= 0.3 is 5.97 Å². The third-order valence-electron chi connectivity index (χ3n) is 2.28. The van der Waals surface area contributed by atoms with Gasteiger partial charge in [0, 0.05) is 10.7 Å². The molecule has 0 heterocycles. The molecule has 76 valence electrons. The van der Waals surface area contributed by atoms with Crippen LogP contribution in [0.15, 0.2) is 0 Å². The molecule has 0 radical (unpaired) electrons. The molecular formula is C7H11ClO4S. The van der Waals surface area contributed by atoms with Crippen LogP contribution in [0.25, 0.3) is 0 Å². The lowest BCUT2D eigenvalue weighted by molar-refractivity contribution is -0.148. The van der Waals surface area contributed by atoms with Gasteiger partial charge in [0.05, 0.1) is 6.61 Å². The molecule has 13 heavy (non-hydrogen) atoms. The molecule has 0 aliphatic heterocycles. The van der Waals surface area contributed by atoms with Crippen molar-refractivity contribution in [3.05, 3.63) is 0 Å². The molecule has 0 unspecified atom stereocenters. The highest BCUT2D eigenvalue weighted by atomic mass is 35.7. The fourth-order valence-corrected chi connectivity index (χ4v) is 2.99. The number of hydrogen-bond donors (Lipinski definition) is 0. The van der Waals surface area contributed by atoms with Gasteiger partial charge in [-0.2, -0.15) is 0 Å². The first-order valence-corrected chi connectivity index (χ1v) is 6.36. The summed E-state index contributed by atoms with van der Waals surface area (Å²) in [5, 5.41) is 0. The Labute approximate surface area is 81.6 Å². The second-order valence-electron chi connectivity index (χ2n) is 3.01. The summed E-state index contributed by atoms with van der Waals surface area (Å²) in [6.07, 6.45) is 1.25. The molecule has 0 aromatic heterocycles. The van der Waals surface area contributed by atoms with Gasteiger partial charge in [-0.3, -0.25) is 4.79 Å². The van der Waals surface area contributed by atoms with Crippen molar-refractivity contribution in [3.63, 3.8) is 0 Å². The van der Waals surface area contributed by atoms with Gasteiger partial charge in [-0.05, 0) is 26.2 Å². The molecule has 0 spiro atoms. The minimum atomic E-state index is -3.85. The monoisotopic (exact) mass is 226 g/mol. The highest BCUT2D eigenvalue weighted by molar-refractivity contribution is 8.15. The van der Waals surface area contributed by atoms with Crippen LogP contribution in [0.5, 0.6) is 0 Å². The Bertz CT molecular complexity index is 304. The third kappa shape index (κ3) is 1.67. The molecule has 1 saturated carbocycles. The lowest BCUT2D eigenvalue weighted by atomic mass is 9.84. The van der Waals surface area contributed by atoms with Crippen molar-refractivity contribution in [2.75, 3.05) is 6.61 Å². The number of halogens is 1. The first-order chi connectivity index (χ1) is 5.94. The molecule has 0 aromatic rings. The van der Waals surface area contributed by atoms with Gasteiger partial charge in [-0.1, -0.05) is 0 Å². The van der Waals surface area contributed by atoms with Gasteiger partial charge in [-0.25, -0.2) is 8.42 Å². The van der Waals surface area contributed by atoms with E-state index in [1.807, 2.05) is 0 Å². The second kappa shape index (κ2) is 3.46. The zero-order valence-electron chi connectivity index (χ0n) is 7.25. The van der Waals surface area contributed by atoms with Gasteiger partial charge < -0.3 is 4.74 Å². The Hall–Kier alpha value is -0.290. The largest absolute Gasteiger partial charge is 0.465 e. The summed E-state index contributed by atoms with van der Waals surface area (Å²) >= 11 is 0. The van der Waals surface area contributed by atoms with E-state index in [2.05, 4.69) is 4.74 Å². The Morgan fingerprint density at radius 1 is 1.54 bits per heavy atom. The SMILES string of the molecule is CCOC(=O)C1(S(=O)(=O)Cl)CCC1. The Kier molecular flexibility index (Phi) is 2.87. The van der Waals surface area contributed by atoms with Crippen LogP contribution in [-0.4, -0.2) is 25.7 Å². The zero-order chi connectivity index (χ0) is 10.1. The number of carbonyl (C=O) groups excluding carboxylic acids is 1. The summed E-state index contributed by atoms with van der Waals surface area (Å²) in [7, 11) is 1.34. The smallest absolute Gasteiger partial charge is 0.328 e. The molecule has 0 bridgehead atoms. The fourth-order valence-electron chi connectivity index (χ4n) is 1.31. The van der Waals surface area contributed by atoms with Crippen LogP contribution in [-0.2, 0) is 18.6 Å². The van der Waals surface area contributed by atoms with Crippen molar-refractivity contribution in [3.8, 4) is 0 Å². The third-order valence-corrected chi connectivity index (χ3v) is 4.67. The fraction of sp³-hybridized carbons (Fsp3) is 0.857. The van der Waals surface area contributed by atoms with Crippen molar-refractivity contribution in [1.82, 2.24) is 0 Å². The molecular weight excluding hydrogens is 216 g/mol. The van der Waals surface area contributed by atoms with Crippen LogP contribution in [0.3, 0.4) is 0 Å². The van der Waals surface area contributed by atoms with Crippen LogP contribution < -0.4 is 0 Å². The Morgan fingerprint density at radius 3 is 2.31 bits per heavy atom. The van der Waals surface area contributed by atoms with E-state index in [1.165, 1.54) is 0 Å². The number of rotatable bonds is 3. The van der Waals surface area contributed by atoms with Gasteiger partial charge in [0.1, 0.15) is 0 Å². The van der Waals surface area contributed by atoms with Crippen molar-refractivity contribution in [1.29, 1.82) is 0 Å². The molecule has 0 atom stereocenters. The van der Waals surface area contributed by atoms with Gasteiger partial charge in [0.15, 0.2) is 4.75 Å². The van der Waals surface area contributed by atoms with Crippen LogP contribution in [0.2, 0.25) is 0 Å². The predicted octanol–water partition coefficient (Wildman–Crippen LogP) is 1.04. The van der Waals surface area contributed by atoms with Crippen LogP contribution in [0.1, 0.15) is 26.2 Å². The lowest BCUT2D eigenvalue weighted by Crippen LogP contribution is -2.51. The number of hydrogen-bond acceptors (Lipinski definition) is 4. The summed E-state index contributed by atoms with van der Waals surface area (Å²) in [6, 6.07) is 0. The first-order valence-electron chi connectivity index (χ1n) is 4.05. The molecule has 0 aromatic carbocycles. The predicted molar refractivity (Wildman–Crippen MR) is 48.0 cm³/mol. The molecule has 0 amide bonds. The van der Waals surface area contributed by atoms with Gasteiger partial charge in [0.25, 0.3) is 0 Å². The molecule has 1 fully saturated rings. The summed E-state index contributed by atoms with van der Waals surface area (Å²) in [5.74, 6) is -0.712. The van der Waals surface area contributed by atoms with E-state index in [1.54, 1.807) is 6.92 Å². The number of esters is 1. The summed E-state index contributed by atoms with van der Waals surface area (Å²) < 4.78 is 25.5. The highest BCUT2D eigenvalue weighted by Crippen LogP contribution is 2.42. The van der Waals surface area contributed by atoms with Crippen LogP contribution in [0.4, 0.5) is 0 Å². The van der Waals surface area contributed by atoms with E-state index in [0.29, 0.717) is 6.42 Å². The van der Waals surface area contributed by atoms with Gasteiger partial charge in [-0.15, -0.1) is 0 Å². The van der Waals surface area contributed by atoms with E-state index in [0.717, 1.165) is 0 Å². The van der Waals surface area contributed by atoms with Crippen molar-refractivity contribution < 1.29 is 17.9 Å². The van der Waals surface area contributed by atoms with Crippen molar-refractivity contribution in [2.24, 2.45) is 0 Å². The summed E-state index contributed by atoms with van der Waals surface area (Å²) in [4.78, 5) is 11.3. The Morgan fingerprint density at radius 2 is 2.08 bits per heavy atom. The molecule has 1 aliphatic rings. The van der Waals surface area contributed by atoms with Gasteiger partial charge in [0.2, 0.25) is 9.05 Å². The average Bonchev–Trinajstić information content (AvgIpc) is 1.80. The van der Waals surface area contributed by atoms with E-state index in [9.17, 15) is 13.2 Å². The quantitative estimate of drug-likeness (QED) is 0.533. The molecule has 0 N–H and O–H groups in total. The lowest BCUT2D eigenvalue weighted by Gasteiger charge is -2.35. The van der Waals surface area contributed by atoms with Crippen LogP contribution in [0, 0.1) is 0 Å². The van der Waals surface area contributed by atoms with Crippen molar-refractivity contribution >= 4 is 25.7 Å². The average molecular weight is 227 g/mol. The highest BCUT2D eigenvalue weighted by Gasteiger charge is 2.55. The molecule has 1 rings (SSSR count). The topological polar surface area (TPSA) is 60.4 Å². The molecule has 0 saturated heterocycles. The number of ether oxygens (including phenoxy) is 1. The normalized spacial score (nSPS) is 20.5. The maximum absolute atomic E-state index is 11.3. The maximum Gasteiger partial charge on any atom is 0.328 e. The van der Waals surface area contributed by atoms with Crippen LogP contribution >= 0.6 is 10.7 Å². The minimum absolute atomic E-state index is 0.174. The van der Waals surface area contributed by atoms with E-state index >= 15 is 0 Å². The van der Waals surface area contributed by atoms with E-state index < -0.39 is 19.8 Å². The molecule has 4 nitrogen and oxygen atoms in total. The maximum atomic E-state index is 11.3. The minimum Gasteiger partial charge on any atom is -0.465 e. The second-order valence-corrected chi connectivity index (χ2v) is 5.88. The summed E-state index contributed by atoms with van der Waals surface area (Å²) in [6.45, 7) is 1.80.